The van der Waals surface area contributed by atoms with E-state index in [4.69, 9.17) is 4.99 Å². The average Bonchev–Trinajstić information content (AvgIpc) is 3.26. The molecule has 0 spiro atoms. The molecule has 0 radical (unpaired) electrons. The van der Waals surface area contributed by atoms with Gasteiger partial charge in [0.2, 0.25) is 0 Å². The van der Waals surface area contributed by atoms with Gasteiger partial charge in [0.1, 0.15) is 6.17 Å². The molecule has 0 aromatic heterocycles. The lowest BCUT2D eigenvalue weighted by molar-refractivity contribution is 0.664. The van der Waals surface area contributed by atoms with Gasteiger partial charge in [-0.1, -0.05) is 176 Å². The van der Waals surface area contributed by atoms with Crippen LogP contribution in [0.3, 0.4) is 0 Å². The van der Waals surface area contributed by atoms with Gasteiger partial charge in [-0.3, -0.25) is 4.99 Å². The van der Waals surface area contributed by atoms with Crippen molar-refractivity contribution in [1.29, 1.82) is 0 Å². The molecule has 0 fully saturated rings. The third kappa shape index (κ3) is 5.67. The molecule has 54 heavy (non-hydrogen) atoms. The normalized spacial score (nSPS) is 15.3. The van der Waals surface area contributed by atoms with Crippen molar-refractivity contribution in [3.05, 3.63) is 217 Å². The van der Waals surface area contributed by atoms with E-state index >= 15 is 0 Å². The molecule has 3 heteroatoms. The summed E-state index contributed by atoms with van der Waals surface area (Å²) in [5, 5.41) is 14.6. The first kappa shape index (κ1) is 31.7. The first-order valence-electron chi connectivity index (χ1n) is 18.6. The minimum absolute atomic E-state index is 0.244. The van der Waals surface area contributed by atoms with E-state index < -0.39 is 0 Å². The molecule has 0 amide bonds. The Balaban J connectivity index is 1.06. The van der Waals surface area contributed by atoms with Gasteiger partial charge in [0.15, 0.2) is 0 Å². The highest BCUT2D eigenvalue weighted by Crippen LogP contribution is 2.45. The van der Waals surface area contributed by atoms with Crippen LogP contribution in [-0.4, -0.2) is 12.3 Å². The zero-order chi connectivity index (χ0) is 35.8. The van der Waals surface area contributed by atoms with Crippen molar-refractivity contribution >= 4 is 49.3 Å². The first-order chi connectivity index (χ1) is 26.8. The van der Waals surface area contributed by atoms with E-state index in [2.05, 4.69) is 199 Å². The lowest BCUT2D eigenvalue weighted by atomic mass is 9.84. The number of hydrogen-bond acceptors (Lipinski definition) is 3. The van der Waals surface area contributed by atoms with Crippen LogP contribution < -0.4 is 10.6 Å². The highest BCUT2D eigenvalue weighted by Gasteiger charge is 2.22. The second kappa shape index (κ2) is 13.5. The predicted octanol–water partition coefficient (Wildman–Crippen LogP) is 12.1. The fraction of sp³-hybridized carbons (Fsp3) is 0.0392. The Bertz CT molecular complexity index is 2760. The van der Waals surface area contributed by atoms with E-state index in [0.29, 0.717) is 0 Å². The third-order valence-electron chi connectivity index (χ3n) is 10.8. The molecule has 0 saturated heterocycles. The fourth-order valence-corrected chi connectivity index (χ4v) is 8.15. The van der Waals surface area contributed by atoms with Crippen molar-refractivity contribution in [3.8, 4) is 22.3 Å². The van der Waals surface area contributed by atoms with Gasteiger partial charge in [-0.2, -0.15) is 0 Å². The standard InChI is InChI=1S/C51H37N3/c1-2-13-36(14-3-1)47-32-48(37-25-23-34(24-26-37)40-16-11-31-52-33-40)54-51(53-47)39-29-27-38(28-30-39)49-43-18-6-8-20-45(43)50(46-21-9-7-19-44(46)49)42-22-10-15-35-12-4-5-17-41(35)42/h1-32,51-52,54H,33H2. The first-order valence-corrected chi connectivity index (χ1v) is 18.6. The monoisotopic (exact) mass is 691 g/mol. The van der Waals surface area contributed by atoms with Crippen molar-refractivity contribution in [2.75, 3.05) is 6.54 Å². The zero-order valence-corrected chi connectivity index (χ0v) is 29.7. The molecule has 10 rings (SSSR count). The Morgan fingerprint density at radius 1 is 0.481 bits per heavy atom. The van der Waals surface area contributed by atoms with Crippen molar-refractivity contribution in [1.82, 2.24) is 10.6 Å². The molecule has 2 aliphatic heterocycles. The van der Waals surface area contributed by atoms with Crippen LogP contribution in [0.5, 0.6) is 0 Å². The molecule has 0 bridgehead atoms. The highest BCUT2D eigenvalue weighted by molar-refractivity contribution is 6.23. The molecule has 2 heterocycles. The van der Waals surface area contributed by atoms with Crippen LogP contribution in [0.2, 0.25) is 0 Å². The second-order valence-corrected chi connectivity index (χ2v) is 14.0. The van der Waals surface area contributed by atoms with E-state index in [-0.39, 0.29) is 6.17 Å². The van der Waals surface area contributed by atoms with E-state index in [1.165, 1.54) is 65.7 Å². The molecule has 2 aliphatic rings. The van der Waals surface area contributed by atoms with Gasteiger partial charge in [-0.05, 0) is 101 Å². The Morgan fingerprint density at radius 3 is 1.76 bits per heavy atom. The molecule has 8 aromatic carbocycles. The van der Waals surface area contributed by atoms with Crippen molar-refractivity contribution in [3.63, 3.8) is 0 Å². The quantitative estimate of drug-likeness (QED) is 0.170. The molecule has 8 aromatic rings. The molecule has 0 saturated carbocycles. The SMILES string of the molecule is C1=CNCC(c2ccc(C3=CC(c4ccccc4)=NC(c4ccc(-c5c6ccccc6c(-c6cccc7ccccc67)c6ccccc56)cc4)N3)cc2)=C1. The highest BCUT2D eigenvalue weighted by atomic mass is 15.1. The minimum Gasteiger partial charge on any atom is -0.387 e. The van der Waals surface area contributed by atoms with Crippen molar-refractivity contribution < 1.29 is 0 Å². The molecule has 256 valence electrons. The molecule has 2 N–H and O–H groups in total. The number of allylic oxidation sites excluding steroid dienone is 3. The van der Waals surface area contributed by atoms with Crippen LogP contribution in [0.1, 0.15) is 28.4 Å². The molecule has 1 unspecified atom stereocenters. The summed E-state index contributed by atoms with van der Waals surface area (Å²) in [6.45, 7) is 0.833. The number of fused-ring (bicyclic) bond motifs is 3. The van der Waals surface area contributed by atoms with E-state index in [1.807, 2.05) is 6.20 Å². The summed E-state index contributed by atoms with van der Waals surface area (Å²) in [6.07, 6.45) is 8.15. The number of rotatable bonds is 6. The smallest absolute Gasteiger partial charge is 0.145 e. The summed E-state index contributed by atoms with van der Waals surface area (Å²) in [5.74, 6) is 0. The Hall–Kier alpha value is -6.97. The van der Waals surface area contributed by atoms with Gasteiger partial charge >= 0.3 is 0 Å². The van der Waals surface area contributed by atoms with Crippen LogP contribution in [0.4, 0.5) is 0 Å². The van der Waals surface area contributed by atoms with Gasteiger partial charge in [0, 0.05) is 12.2 Å². The van der Waals surface area contributed by atoms with Gasteiger partial charge < -0.3 is 10.6 Å². The summed E-state index contributed by atoms with van der Waals surface area (Å²) in [5.41, 5.74) is 12.9. The molecule has 1 atom stereocenters. The van der Waals surface area contributed by atoms with Crippen molar-refractivity contribution in [2.45, 2.75) is 6.17 Å². The van der Waals surface area contributed by atoms with Gasteiger partial charge in [0.05, 0.1) is 5.71 Å². The number of aliphatic imine (C=N–C) groups is 1. The Labute approximate surface area is 315 Å². The summed E-state index contributed by atoms with van der Waals surface area (Å²) in [4.78, 5) is 5.27. The number of benzene rings is 8. The summed E-state index contributed by atoms with van der Waals surface area (Å²) >= 11 is 0. The van der Waals surface area contributed by atoms with Crippen LogP contribution in [0.25, 0.3) is 65.8 Å². The van der Waals surface area contributed by atoms with E-state index in [0.717, 1.165) is 34.6 Å². The van der Waals surface area contributed by atoms with E-state index in [1.54, 1.807) is 0 Å². The summed E-state index contributed by atoms with van der Waals surface area (Å²) < 4.78 is 0. The number of nitrogens with one attached hydrogen (secondary N) is 2. The molecular weight excluding hydrogens is 655 g/mol. The van der Waals surface area contributed by atoms with Crippen LogP contribution in [0, 0.1) is 0 Å². The zero-order valence-electron chi connectivity index (χ0n) is 29.7. The third-order valence-corrected chi connectivity index (χ3v) is 10.8. The maximum atomic E-state index is 5.27. The molecular formula is C51H37N3. The van der Waals surface area contributed by atoms with Crippen molar-refractivity contribution in [2.24, 2.45) is 4.99 Å². The lowest BCUT2D eigenvalue weighted by Crippen LogP contribution is -2.24. The van der Waals surface area contributed by atoms with E-state index in [9.17, 15) is 0 Å². The van der Waals surface area contributed by atoms with Crippen LogP contribution in [-0.2, 0) is 0 Å². The second-order valence-electron chi connectivity index (χ2n) is 14.0. The number of dihydropyridines is 1. The summed E-state index contributed by atoms with van der Waals surface area (Å²) in [6, 6.07) is 61.4. The van der Waals surface area contributed by atoms with Gasteiger partial charge in [-0.15, -0.1) is 0 Å². The average molecular weight is 692 g/mol. The Morgan fingerprint density at radius 2 is 1.07 bits per heavy atom. The molecule has 3 nitrogen and oxygen atoms in total. The maximum Gasteiger partial charge on any atom is 0.145 e. The van der Waals surface area contributed by atoms with Crippen LogP contribution >= 0.6 is 0 Å². The molecule has 0 aliphatic carbocycles. The minimum atomic E-state index is -0.244. The predicted molar refractivity (Wildman–Crippen MR) is 228 cm³/mol. The fourth-order valence-electron chi connectivity index (χ4n) is 8.15. The summed E-state index contributed by atoms with van der Waals surface area (Å²) in [7, 11) is 0. The van der Waals surface area contributed by atoms with Crippen LogP contribution in [0.15, 0.2) is 199 Å². The maximum absolute atomic E-state index is 5.27. The van der Waals surface area contributed by atoms with Gasteiger partial charge in [-0.25, -0.2) is 0 Å². The topological polar surface area (TPSA) is 36.4 Å². The van der Waals surface area contributed by atoms with Gasteiger partial charge in [0.25, 0.3) is 0 Å². The number of nitrogens with zero attached hydrogens (tertiary/aromatic N) is 1. The lowest BCUT2D eigenvalue weighted by Gasteiger charge is -2.25. The number of hydrogen-bond donors (Lipinski definition) is 2. The largest absolute Gasteiger partial charge is 0.387 e. The Kier molecular flexibility index (Phi) is 7.96.